The summed E-state index contributed by atoms with van der Waals surface area (Å²) in [6, 6.07) is 3.30. The Labute approximate surface area is 88.8 Å². The van der Waals surface area contributed by atoms with Gasteiger partial charge in [0.1, 0.15) is 0 Å². The van der Waals surface area contributed by atoms with E-state index >= 15 is 0 Å². The van der Waals surface area contributed by atoms with Crippen LogP contribution in [0.5, 0.6) is 17.2 Å². The van der Waals surface area contributed by atoms with Crippen LogP contribution in [0.25, 0.3) is 0 Å². The molecule has 0 aliphatic rings. The summed E-state index contributed by atoms with van der Waals surface area (Å²) in [4.78, 5) is 0. The standard InChI is InChI=1S/C10H16N2O3/c1-6(12-11)7-4-5-8(14-2)10(15-3)9(7)13/h4-6,12-13H,11H2,1-3H3/t6-/m1/s1. The van der Waals surface area contributed by atoms with E-state index in [2.05, 4.69) is 5.43 Å². The Morgan fingerprint density at radius 2 is 2.00 bits per heavy atom. The fourth-order valence-corrected chi connectivity index (χ4v) is 1.37. The summed E-state index contributed by atoms with van der Waals surface area (Å²) in [5.41, 5.74) is 3.22. The Balaban J connectivity index is 3.22. The SMILES string of the molecule is COc1ccc([C@@H](C)NN)c(O)c1OC. The molecule has 1 aromatic carbocycles. The summed E-state index contributed by atoms with van der Waals surface area (Å²) in [6.45, 7) is 1.83. The molecule has 5 nitrogen and oxygen atoms in total. The summed E-state index contributed by atoms with van der Waals surface area (Å²) < 4.78 is 10.1. The third-order valence-electron chi connectivity index (χ3n) is 2.27. The van der Waals surface area contributed by atoms with Gasteiger partial charge in [0.15, 0.2) is 11.5 Å². The first-order valence-corrected chi connectivity index (χ1v) is 4.55. The zero-order valence-corrected chi connectivity index (χ0v) is 9.07. The van der Waals surface area contributed by atoms with Crippen molar-refractivity contribution in [2.45, 2.75) is 13.0 Å². The second-order valence-corrected chi connectivity index (χ2v) is 3.13. The van der Waals surface area contributed by atoms with Crippen molar-refractivity contribution in [3.8, 4) is 17.2 Å². The van der Waals surface area contributed by atoms with Crippen molar-refractivity contribution in [2.24, 2.45) is 5.84 Å². The molecule has 4 N–H and O–H groups in total. The van der Waals surface area contributed by atoms with Crippen LogP contribution in [0.3, 0.4) is 0 Å². The molecule has 0 aliphatic carbocycles. The smallest absolute Gasteiger partial charge is 0.203 e. The van der Waals surface area contributed by atoms with E-state index < -0.39 is 0 Å². The first-order valence-electron chi connectivity index (χ1n) is 4.55. The Morgan fingerprint density at radius 3 is 2.47 bits per heavy atom. The van der Waals surface area contributed by atoms with Crippen LogP contribution in [0.15, 0.2) is 12.1 Å². The fraction of sp³-hybridized carbons (Fsp3) is 0.400. The zero-order valence-electron chi connectivity index (χ0n) is 9.07. The van der Waals surface area contributed by atoms with E-state index in [4.69, 9.17) is 15.3 Å². The van der Waals surface area contributed by atoms with Crippen molar-refractivity contribution < 1.29 is 14.6 Å². The van der Waals surface area contributed by atoms with Gasteiger partial charge in [-0.15, -0.1) is 0 Å². The molecule has 0 spiro atoms. The van der Waals surface area contributed by atoms with Crippen molar-refractivity contribution in [3.63, 3.8) is 0 Å². The Bertz CT molecular complexity index is 342. The van der Waals surface area contributed by atoms with E-state index in [0.29, 0.717) is 17.1 Å². The van der Waals surface area contributed by atoms with Crippen molar-refractivity contribution in [1.82, 2.24) is 5.43 Å². The molecule has 1 rings (SSSR count). The van der Waals surface area contributed by atoms with Gasteiger partial charge < -0.3 is 14.6 Å². The van der Waals surface area contributed by atoms with Crippen molar-refractivity contribution >= 4 is 0 Å². The van der Waals surface area contributed by atoms with Gasteiger partial charge >= 0.3 is 0 Å². The predicted molar refractivity (Wildman–Crippen MR) is 56.9 cm³/mol. The average Bonchev–Trinajstić information content (AvgIpc) is 2.27. The highest BCUT2D eigenvalue weighted by atomic mass is 16.5. The lowest BCUT2D eigenvalue weighted by Gasteiger charge is -2.16. The van der Waals surface area contributed by atoms with Crippen molar-refractivity contribution in [1.29, 1.82) is 0 Å². The Hall–Kier alpha value is -1.46. The van der Waals surface area contributed by atoms with Gasteiger partial charge in [0, 0.05) is 11.6 Å². The molecule has 5 heteroatoms. The topological polar surface area (TPSA) is 76.7 Å². The highest BCUT2D eigenvalue weighted by molar-refractivity contribution is 5.55. The molecular weight excluding hydrogens is 196 g/mol. The highest BCUT2D eigenvalue weighted by Crippen LogP contribution is 2.40. The molecule has 0 amide bonds. The monoisotopic (exact) mass is 212 g/mol. The number of methoxy groups -OCH3 is 2. The predicted octanol–water partition coefficient (Wildman–Crippen LogP) is 0.934. The second-order valence-electron chi connectivity index (χ2n) is 3.13. The molecule has 15 heavy (non-hydrogen) atoms. The lowest BCUT2D eigenvalue weighted by molar-refractivity contribution is 0.329. The number of benzene rings is 1. The summed E-state index contributed by atoms with van der Waals surface area (Å²) in [7, 11) is 2.99. The number of phenolic OH excluding ortho intramolecular Hbond substituents is 1. The highest BCUT2D eigenvalue weighted by Gasteiger charge is 2.17. The first-order chi connectivity index (χ1) is 7.15. The minimum absolute atomic E-state index is 0.0438. The van der Waals surface area contributed by atoms with Crippen LogP contribution in [0.4, 0.5) is 0 Å². The third kappa shape index (κ3) is 2.14. The van der Waals surface area contributed by atoms with Crippen LogP contribution < -0.4 is 20.7 Å². The first kappa shape index (κ1) is 11.6. The normalized spacial score (nSPS) is 12.3. The number of phenols is 1. The minimum atomic E-state index is -0.162. The van der Waals surface area contributed by atoms with Crippen molar-refractivity contribution in [3.05, 3.63) is 17.7 Å². The van der Waals surface area contributed by atoms with E-state index in [0.717, 1.165) is 0 Å². The van der Waals surface area contributed by atoms with Gasteiger partial charge in [0.25, 0.3) is 0 Å². The molecule has 0 saturated carbocycles. The number of hydrazine groups is 1. The maximum absolute atomic E-state index is 9.90. The largest absolute Gasteiger partial charge is 0.504 e. The van der Waals surface area contributed by atoms with Gasteiger partial charge in [-0.25, -0.2) is 0 Å². The maximum atomic E-state index is 9.90. The second kappa shape index (κ2) is 4.86. The molecular formula is C10H16N2O3. The van der Waals surface area contributed by atoms with E-state index in [-0.39, 0.29) is 11.8 Å². The lowest BCUT2D eigenvalue weighted by Crippen LogP contribution is -2.25. The van der Waals surface area contributed by atoms with Crippen LogP contribution in [-0.2, 0) is 0 Å². The van der Waals surface area contributed by atoms with E-state index in [1.54, 1.807) is 12.1 Å². The quantitative estimate of drug-likeness (QED) is 0.511. The molecule has 1 aromatic rings. The Morgan fingerprint density at radius 1 is 1.33 bits per heavy atom. The van der Waals surface area contributed by atoms with Gasteiger partial charge in [-0.05, 0) is 19.1 Å². The maximum Gasteiger partial charge on any atom is 0.203 e. The van der Waals surface area contributed by atoms with E-state index in [9.17, 15) is 5.11 Å². The molecule has 0 heterocycles. The molecule has 0 radical (unpaired) electrons. The number of nitrogens with one attached hydrogen (secondary N) is 1. The molecule has 1 atom stereocenters. The number of ether oxygens (including phenoxy) is 2. The molecule has 0 saturated heterocycles. The third-order valence-corrected chi connectivity index (χ3v) is 2.27. The number of nitrogens with two attached hydrogens (primary N) is 1. The van der Waals surface area contributed by atoms with Crippen molar-refractivity contribution in [2.75, 3.05) is 14.2 Å². The van der Waals surface area contributed by atoms with Crippen LogP contribution >= 0.6 is 0 Å². The fourth-order valence-electron chi connectivity index (χ4n) is 1.37. The summed E-state index contributed by atoms with van der Waals surface area (Å²) in [5.74, 6) is 6.15. The molecule has 0 aliphatic heterocycles. The molecule has 84 valence electrons. The Kier molecular flexibility index (Phi) is 3.76. The van der Waals surface area contributed by atoms with Gasteiger partial charge in [0.2, 0.25) is 5.75 Å². The van der Waals surface area contributed by atoms with Gasteiger partial charge in [-0.2, -0.15) is 0 Å². The van der Waals surface area contributed by atoms with Gasteiger partial charge in [-0.1, -0.05) is 0 Å². The molecule has 0 aromatic heterocycles. The van der Waals surface area contributed by atoms with E-state index in [1.807, 2.05) is 6.92 Å². The number of hydrogen-bond donors (Lipinski definition) is 3. The van der Waals surface area contributed by atoms with Crippen LogP contribution in [0.1, 0.15) is 18.5 Å². The average molecular weight is 212 g/mol. The lowest BCUT2D eigenvalue weighted by atomic mass is 10.1. The summed E-state index contributed by atoms with van der Waals surface area (Å²) in [6.07, 6.45) is 0. The molecule has 0 bridgehead atoms. The summed E-state index contributed by atoms with van der Waals surface area (Å²) in [5, 5.41) is 9.90. The van der Waals surface area contributed by atoms with Crippen LogP contribution in [0.2, 0.25) is 0 Å². The van der Waals surface area contributed by atoms with Gasteiger partial charge in [-0.3, -0.25) is 11.3 Å². The van der Waals surface area contributed by atoms with E-state index in [1.165, 1.54) is 14.2 Å². The van der Waals surface area contributed by atoms with Crippen LogP contribution in [-0.4, -0.2) is 19.3 Å². The number of aromatic hydroxyl groups is 1. The minimum Gasteiger partial charge on any atom is -0.504 e. The zero-order chi connectivity index (χ0) is 11.4. The number of hydrogen-bond acceptors (Lipinski definition) is 5. The molecule has 0 fully saturated rings. The number of rotatable bonds is 4. The molecule has 0 unspecified atom stereocenters. The van der Waals surface area contributed by atoms with Gasteiger partial charge in [0.05, 0.1) is 14.2 Å². The summed E-state index contributed by atoms with van der Waals surface area (Å²) >= 11 is 0. The van der Waals surface area contributed by atoms with Crippen LogP contribution in [0, 0.1) is 0 Å².